The monoisotopic (exact) mass is 916 g/mol. The third kappa shape index (κ3) is 9.55. The van der Waals surface area contributed by atoms with Crippen molar-refractivity contribution in [1.29, 1.82) is 0 Å². The maximum absolute atomic E-state index is 16.6. The van der Waals surface area contributed by atoms with Gasteiger partial charge in [0.15, 0.2) is 5.82 Å². The zero-order valence-electron chi connectivity index (χ0n) is 37.9. The number of rotatable bonds is 12. The van der Waals surface area contributed by atoms with Crippen LogP contribution in [-0.4, -0.2) is 133 Å². The molecule has 16 heteroatoms. The normalized spacial score (nSPS) is 17.9. The molecule has 4 aliphatic heterocycles. The quantitative estimate of drug-likeness (QED) is 0.132. The molecule has 0 radical (unpaired) electrons. The van der Waals surface area contributed by atoms with Crippen molar-refractivity contribution in [2.24, 2.45) is 5.92 Å². The number of hydrogen-bond acceptors (Lipinski definition) is 8. The van der Waals surface area contributed by atoms with Gasteiger partial charge in [-0.3, -0.25) is 29.3 Å². The van der Waals surface area contributed by atoms with Gasteiger partial charge in [-0.2, -0.15) is 5.10 Å². The minimum Gasteiger partial charge on any atom is -0.372 e. The molecule has 3 saturated heterocycles. The summed E-state index contributed by atoms with van der Waals surface area (Å²) < 4.78 is 18.4. The van der Waals surface area contributed by atoms with E-state index in [9.17, 15) is 19.2 Å². The van der Waals surface area contributed by atoms with Gasteiger partial charge in [-0.15, -0.1) is 0 Å². The van der Waals surface area contributed by atoms with Crippen molar-refractivity contribution in [1.82, 2.24) is 34.8 Å². The van der Waals surface area contributed by atoms with Crippen molar-refractivity contribution < 1.29 is 23.6 Å². The molecule has 3 aromatic carbocycles. The van der Waals surface area contributed by atoms with Gasteiger partial charge in [0.2, 0.25) is 11.8 Å². The van der Waals surface area contributed by atoms with Crippen LogP contribution in [0.3, 0.4) is 0 Å². The summed E-state index contributed by atoms with van der Waals surface area (Å²) in [6.07, 6.45) is 11.0. The molecule has 3 fully saturated rings. The van der Waals surface area contributed by atoms with Crippen molar-refractivity contribution in [3.63, 3.8) is 0 Å². The first-order valence-corrected chi connectivity index (χ1v) is 23.5. The highest BCUT2D eigenvalue weighted by Gasteiger charge is 2.30. The molecule has 0 bridgehead atoms. The summed E-state index contributed by atoms with van der Waals surface area (Å²) in [5.74, 6) is -0.325. The van der Waals surface area contributed by atoms with Crippen LogP contribution in [0.4, 0.5) is 26.2 Å². The third-order valence-corrected chi connectivity index (χ3v) is 14.2. The van der Waals surface area contributed by atoms with E-state index in [-0.39, 0.29) is 29.7 Å². The summed E-state index contributed by atoms with van der Waals surface area (Å²) in [6, 6.07) is 19.7. The van der Waals surface area contributed by atoms with Crippen LogP contribution in [0.1, 0.15) is 61.0 Å². The fourth-order valence-corrected chi connectivity index (χ4v) is 10.3. The molecule has 66 heavy (non-hydrogen) atoms. The Morgan fingerprint density at radius 2 is 1.68 bits per heavy atom. The molecule has 0 aliphatic carbocycles. The van der Waals surface area contributed by atoms with E-state index in [2.05, 4.69) is 61.4 Å². The molecular weight excluding hydrogens is 859 g/mol. The van der Waals surface area contributed by atoms with Gasteiger partial charge < -0.3 is 29.5 Å². The standard InChI is InChI=1S/C50H58ClFN10O4/c1-56(2)49(65)43-30-41-39(29-40(47(52)48(41)54-43)35-6-4-20-60(32-35)46(64)18-26-61-21-5-19-53-61)34-7-9-37(10-8-34)59-24-13-33(14-25-59)31-58-22-15-36(16-23-58)57(3)38-11-12-42(51)44(28-38)62-27-17-45(63)55-50(62)66/h5-12,19,21,28-30,33,36,54H,4,13-18,20,22-27,31-32H2,1-3H3,(H,55,63,66). The Labute approximate surface area is 389 Å². The van der Waals surface area contributed by atoms with Gasteiger partial charge in [0.1, 0.15) is 5.69 Å². The van der Waals surface area contributed by atoms with Crippen LogP contribution in [0.25, 0.3) is 27.6 Å². The first-order valence-electron chi connectivity index (χ1n) is 23.1. The van der Waals surface area contributed by atoms with Crippen LogP contribution in [0, 0.1) is 11.7 Å². The van der Waals surface area contributed by atoms with E-state index in [4.69, 9.17) is 11.6 Å². The second-order valence-corrected chi connectivity index (χ2v) is 18.7. The van der Waals surface area contributed by atoms with Gasteiger partial charge in [0.25, 0.3) is 5.91 Å². The van der Waals surface area contributed by atoms with Gasteiger partial charge in [-0.1, -0.05) is 29.8 Å². The number of aromatic amines is 1. The topological polar surface area (TPSA) is 133 Å². The number of likely N-dealkylation sites (tertiary alicyclic amines) is 1. The molecule has 346 valence electrons. The maximum atomic E-state index is 16.6. The molecule has 0 spiro atoms. The zero-order chi connectivity index (χ0) is 46.1. The second kappa shape index (κ2) is 19.3. The molecule has 2 N–H and O–H groups in total. The molecule has 0 atom stereocenters. The maximum Gasteiger partial charge on any atom is 0.328 e. The number of nitrogens with zero attached hydrogens (tertiary/aromatic N) is 8. The molecule has 2 aromatic heterocycles. The van der Waals surface area contributed by atoms with Crippen molar-refractivity contribution in [3.05, 3.63) is 101 Å². The number of nitrogens with one attached hydrogen (secondary N) is 2. The van der Waals surface area contributed by atoms with E-state index in [0.29, 0.717) is 78.3 Å². The minimum absolute atomic E-state index is 0.000354. The number of benzene rings is 3. The highest BCUT2D eigenvalue weighted by molar-refractivity contribution is 6.34. The molecular formula is C50H58ClFN10O4. The minimum atomic E-state index is -0.440. The number of aryl methyl sites for hydroxylation is 1. The van der Waals surface area contributed by atoms with Gasteiger partial charge in [-0.25, -0.2) is 9.18 Å². The molecule has 5 amide bonds. The highest BCUT2D eigenvalue weighted by atomic mass is 35.5. The van der Waals surface area contributed by atoms with E-state index in [0.717, 1.165) is 86.5 Å². The number of imide groups is 1. The largest absolute Gasteiger partial charge is 0.372 e. The summed E-state index contributed by atoms with van der Waals surface area (Å²) in [5, 5.41) is 7.72. The average molecular weight is 918 g/mol. The summed E-state index contributed by atoms with van der Waals surface area (Å²) in [5.41, 5.74) is 6.28. The molecule has 4 aliphatic rings. The molecule has 0 saturated carbocycles. The summed E-state index contributed by atoms with van der Waals surface area (Å²) in [7, 11) is 5.47. The van der Waals surface area contributed by atoms with Crippen LogP contribution in [0.2, 0.25) is 5.02 Å². The fourth-order valence-electron chi connectivity index (χ4n) is 10.1. The number of halogens is 2. The van der Waals surface area contributed by atoms with E-state index < -0.39 is 11.8 Å². The second-order valence-electron chi connectivity index (χ2n) is 18.3. The van der Waals surface area contributed by atoms with Gasteiger partial charge >= 0.3 is 6.03 Å². The number of fused-ring (bicyclic) bond motifs is 1. The predicted molar refractivity (Wildman–Crippen MR) is 257 cm³/mol. The Morgan fingerprint density at radius 1 is 0.909 bits per heavy atom. The number of urea groups is 1. The van der Waals surface area contributed by atoms with E-state index in [1.807, 2.05) is 42.6 Å². The Balaban J connectivity index is 0.827. The van der Waals surface area contributed by atoms with Gasteiger partial charge in [-0.05, 0) is 103 Å². The molecule has 0 unspecified atom stereocenters. The van der Waals surface area contributed by atoms with E-state index >= 15 is 4.39 Å². The number of amides is 5. The van der Waals surface area contributed by atoms with Crippen molar-refractivity contribution >= 4 is 68.9 Å². The number of H-pyrrole nitrogens is 1. The van der Waals surface area contributed by atoms with Crippen molar-refractivity contribution in [2.45, 2.75) is 57.5 Å². The number of anilines is 3. The van der Waals surface area contributed by atoms with Gasteiger partial charge in [0, 0.05) is 134 Å². The zero-order valence-corrected chi connectivity index (χ0v) is 38.7. The smallest absolute Gasteiger partial charge is 0.328 e. The third-order valence-electron chi connectivity index (χ3n) is 13.9. The number of carbonyl (C=O) groups is 4. The number of piperidine rings is 2. The molecule has 5 aromatic rings. The summed E-state index contributed by atoms with van der Waals surface area (Å²) in [6.45, 7) is 6.73. The van der Waals surface area contributed by atoms with E-state index in [1.54, 1.807) is 40.8 Å². The lowest BCUT2D eigenvalue weighted by atomic mass is 9.92. The lowest BCUT2D eigenvalue weighted by molar-refractivity contribution is -0.131. The lowest BCUT2D eigenvalue weighted by Gasteiger charge is -2.41. The van der Waals surface area contributed by atoms with Crippen molar-refractivity contribution in [3.8, 4) is 11.1 Å². The van der Waals surface area contributed by atoms with Crippen LogP contribution < -0.4 is 20.0 Å². The average Bonchev–Trinajstić information content (AvgIpc) is 4.03. The number of hydrogen-bond donors (Lipinski definition) is 2. The first kappa shape index (κ1) is 45.0. The Morgan fingerprint density at radius 3 is 2.39 bits per heavy atom. The van der Waals surface area contributed by atoms with Crippen LogP contribution in [0.15, 0.2) is 79.1 Å². The SMILES string of the molecule is CN(C)C(=O)c1cc2c(-c3ccc(N4CCC(CN5CCC(N(C)c6ccc(Cl)c(N7CCC(=O)NC7=O)c6)CC5)CC4)cc3)cc(C3=CCCN(C(=O)CCn4cccn4)C3)c(F)c2[nH]1. The van der Waals surface area contributed by atoms with Crippen LogP contribution in [-0.2, 0) is 16.1 Å². The Hall–Kier alpha value is -6.19. The Kier molecular flexibility index (Phi) is 13.2. The first-order chi connectivity index (χ1) is 31.9. The molecule has 6 heterocycles. The van der Waals surface area contributed by atoms with Gasteiger partial charge in [0.05, 0.1) is 16.2 Å². The summed E-state index contributed by atoms with van der Waals surface area (Å²) >= 11 is 6.53. The van der Waals surface area contributed by atoms with Crippen LogP contribution in [0.5, 0.6) is 0 Å². The number of aromatic nitrogens is 3. The number of carbonyl (C=O) groups excluding carboxylic acids is 4. The van der Waals surface area contributed by atoms with Crippen molar-refractivity contribution in [2.75, 3.05) is 88.2 Å². The fraction of sp³-hybridized carbons (Fsp3) is 0.420. The van der Waals surface area contributed by atoms with Crippen LogP contribution >= 0.6 is 11.6 Å². The Bertz CT molecular complexity index is 2630. The molecule has 9 rings (SSSR count). The summed E-state index contributed by atoms with van der Waals surface area (Å²) in [4.78, 5) is 66.0. The molecule has 14 nitrogen and oxygen atoms in total. The van der Waals surface area contributed by atoms with E-state index in [1.165, 1.54) is 4.90 Å². The highest BCUT2D eigenvalue weighted by Crippen LogP contribution is 2.39. The predicted octanol–water partition coefficient (Wildman–Crippen LogP) is 7.50. The lowest BCUT2D eigenvalue weighted by Crippen LogP contribution is -2.49.